The molecule has 2 aromatic carbocycles. The summed E-state index contributed by atoms with van der Waals surface area (Å²) >= 11 is 0. The van der Waals surface area contributed by atoms with Crippen molar-refractivity contribution in [3.63, 3.8) is 0 Å². The molecule has 1 atom stereocenters. The van der Waals surface area contributed by atoms with Crippen molar-refractivity contribution < 1.29 is 23.9 Å². The lowest BCUT2D eigenvalue weighted by Gasteiger charge is -2.43. The Bertz CT molecular complexity index is 993. The first-order valence-corrected chi connectivity index (χ1v) is 11.0. The van der Waals surface area contributed by atoms with Crippen LogP contribution in [0.25, 0.3) is 0 Å². The van der Waals surface area contributed by atoms with Gasteiger partial charge in [-0.25, -0.2) is 4.79 Å². The number of methoxy groups -OCH3 is 2. The molecular weight excluding hydrogens is 422 g/mol. The second kappa shape index (κ2) is 10.8. The molecular formula is C25H31N3O5. The van der Waals surface area contributed by atoms with E-state index in [-0.39, 0.29) is 24.3 Å². The summed E-state index contributed by atoms with van der Waals surface area (Å²) in [6.07, 6.45) is 0.226. The Morgan fingerprint density at radius 2 is 1.70 bits per heavy atom. The van der Waals surface area contributed by atoms with Crippen molar-refractivity contribution in [2.24, 2.45) is 5.92 Å². The molecule has 1 unspecified atom stereocenters. The summed E-state index contributed by atoms with van der Waals surface area (Å²) in [4.78, 5) is 41.7. The molecule has 0 aromatic heterocycles. The number of nitrogens with zero attached hydrogens (tertiary/aromatic N) is 2. The third-order valence-electron chi connectivity index (χ3n) is 5.86. The Morgan fingerprint density at radius 1 is 1.00 bits per heavy atom. The number of amides is 4. The zero-order valence-electron chi connectivity index (χ0n) is 19.5. The number of nitrogens with one attached hydrogen (secondary N) is 1. The highest BCUT2D eigenvalue weighted by Gasteiger charge is 2.34. The maximum absolute atomic E-state index is 13.0. The van der Waals surface area contributed by atoms with Gasteiger partial charge in [-0.2, -0.15) is 0 Å². The van der Waals surface area contributed by atoms with Gasteiger partial charge in [-0.05, 0) is 35.7 Å². The number of benzene rings is 2. The molecule has 2 aromatic rings. The van der Waals surface area contributed by atoms with Crippen molar-refractivity contribution in [3.05, 3.63) is 59.7 Å². The average molecular weight is 454 g/mol. The molecule has 8 nitrogen and oxygen atoms in total. The maximum atomic E-state index is 13.0. The summed E-state index contributed by atoms with van der Waals surface area (Å²) in [5.74, 6) is 0.841. The van der Waals surface area contributed by atoms with Gasteiger partial charge in [0.15, 0.2) is 11.5 Å². The minimum atomic E-state index is -0.436. The van der Waals surface area contributed by atoms with Crippen LogP contribution in [0.2, 0.25) is 0 Å². The second-order valence-electron chi connectivity index (χ2n) is 8.34. The number of urea groups is 1. The first-order valence-electron chi connectivity index (χ1n) is 11.0. The minimum absolute atomic E-state index is 0.0201. The van der Waals surface area contributed by atoms with Gasteiger partial charge < -0.3 is 19.3 Å². The Hall–Kier alpha value is -3.55. The van der Waals surface area contributed by atoms with Crippen molar-refractivity contribution in [1.29, 1.82) is 0 Å². The summed E-state index contributed by atoms with van der Waals surface area (Å²) in [5.41, 5.74) is 1.25. The van der Waals surface area contributed by atoms with Crippen LogP contribution in [-0.4, -0.2) is 67.5 Å². The number of hydrogen-bond acceptors (Lipinski definition) is 5. The Morgan fingerprint density at radius 3 is 2.33 bits per heavy atom. The molecule has 0 bridgehead atoms. The average Bonchev–Trinajstić information content (AvgIpc) is 2.83. The van der Waals surface area contributed by atoms with Crippen LogP contribution in [-0.2, 0) is 11.2 Å². The van der Waals surface area contributed by atoms with Gasteiger partial charge >= 0.3 is 6.03 Å². The third kappa shape index (κ3) is 5.83. The van der Waals surface area contributed by atoms with E-state index in [4.69, 9.17) is 9.47 Å². The summed E-state index contributed by atoms with van der Waals surface area (Å²) < 4.78 is 10.6. The van der Waals surface area contributed by atoms with Crippen molar-refractivity contribution in [2.75, 3.05) is 33.9 Å². The fourth-order valence-electron chi connectivity index (χ4n) is 3.97. The van der Waals surface area contributed by atoms with Gasteiger partial charge in [0.25, 0.3) is 5.91 Å². The first-order chi connectivity index (χ1) is 15.8. The molecule has 1 saturated heterocycles. The third-order valence-corrected chi connectivity index (χ3v) is 5.86. The topological polar surface area (TPSA) is 88.2 Å². The predicted octanol–water partition coefficient (Wildman–Crippen LogP) is 2.97. The summed E-state index contributed by atoms with van der Waals surface area (Å²) in [7, 11) is 3.13. The number of rotatable bonds is 6. The van der Waals surface area contributed by atoms with Gasteiger partial charge in [-0.1, -0.05) is 38.1 Å². The lowest BCUT2D eigenvalue weighted by atomic mass is 9.99. The zero-order valence-corrected chi connectivity index (χ0v) is 19.5. The molecule has 1 aliphatic heterocycles. The summed E-state index contributed by atoms with van der Waals surface area (Å²) in [5, 5.41) is 2.48. The van der Waals surface area contributed by atoms with Crippen LogP contribution in [0.1, 0.15) is 29.8 Å². The molecule has 33 heavy (non-hydrogen) atoms. The molecule has 1 aliphatic rings. The van der Waals surface area contributed by atoms with Crippen LogP contribution in [0.15, 0.2) is 48.5 Å². The molecule has 3 rings (SSSR count). The molecule has 0 spiro atoms. The predicted molar refractivity (Wildman–Crippen MR) is 124 cm³/mol. The van der Waals surface area contributed by atoms with Crippen LogP contribution in [0, 0.1) is 5.92 Å². The fourth-order valence-corrected chi connectivity index (χ4v) is 3.97. The van der Waals surface area contributed by atoms with E-state index in [1.807, 2.05) is 26.0 Å². The summed E-state index contributed by atoms with van der Waals surface area (Å²) in [6.45, 7) is 5.19. The van der Waals surface area contributed by atoms with E-state index in [2.05, 4.69) is 5.32 Å². The molecule has 8 heteroatoms. The molecule has 1 heterocycles. The van der Waals surface area contributed by atoms with Gasteiger partial charge in [0.2, 0.25) is 5.91 Å². The van der Waals surface area contributed by atoms with E-state index in [0.717, 1.165) is 5.56 Å². The van der Waals surface area contributed by atoms with E-state index >= 15 is 0 Å². The molecule has 1 N–H and O–H groups in total. The molecule has 1 fully saturated rings. The highest BCUT2D eigenvalue weighted by atomic mass is 16.5. The fraction of sp³-hybridized carbons (Fsp3) is 0.400. The van der Waals surface area contributed by atoms with Gasteiger partial charge in [-0.3, -0.25) is 14.9 Å². The first kappa shape index (κ1) is 24.1. The van der Waals surface area contributed by atoms with Gasteiger partial charge in [0, 0.05) is 25.2 Å². The van der Waals surface area contributed by atoms with E-state index in [0.29, 0.717) is 36.7 Å². The minimum Gasteiger partial charge on any atom is -0.493 e. The largest absolute Gasteiger partial charge is 0.493 e. The van der Waals surface area contributed by atoms with Gasteiger partial charge in [-0.15, -0.1) is 0 Å². The quantitative estimate of drug-likeness (QED) is 0.727. The van der Waals surface area contributed by atoms with E-state index in [9.17, 15) is 14.4 Å². The number of carbonyl (C=O) groups is 3. The maximum Gasteiger partial charge on any atom is 0.324 e. The molecule has 0 radical (unpaired) electrons. The van der Waals surface area contributed by atoms with Crippen LogP contribution < -0.4 is 14.8 Å². The van der Waals surface area contributed by atoms with Crippen LogP contribution in [0.3, 0.4) is 0 Å². The van der Waals surface area contributed by atoms with E-state index in [1.54, 1.807) is 60.4 Å². The monoisotopic (exact) mass is 453 g/mol. The van der Waals surface area contributed by atoms with Gasteiger partial charge in [0.05, 0.1) is 26.7 Å². The van der Waals surface area contributed by atoms with E-state index in [1.165, 1.54) is 0 Å². The van der Waals surface area contributed by atoms with Crippen molar-refractivity contribution in [3.8, 4) is 11.5 Å². The number of piperazine rings is 1. The molecule has 176 valence electrons. The normalized spacial score (nSPS) is 15.8. The summed E-state index contributed by atoms with van der Waals surface area (Å²) in [6, 6.07) is 13.4. The standard InChI is InChI=1S/C25H31N3O5/c1-17(2)20-16-27(23(29)15-18-10-11-21(32-3)22(14-18)33-4)12-13-28(20)25(31)26-24(30)19-8-6-5-7-9-19/h5-11,14,17,20H,12-13,15-16H2,1-4H3,(H,26,30,31). The zero-order chi connectivity index (χ0) is 24.0. The van der Waals surface area contributed by atoms with Gasteiger partial charge in [0.1, 0.15) is 0 Å². The molecule has 4 amide bonds. The Balaban J connectivity index is 1.64. The SMILES string of the molecule is COc1ccc(CC(=O)N2CCN(C(=O)NC(=O)c3ccccc3)C(C(C)C)C2)cc1OC. The van der Waals surface area contributed by atoms with Crippen molar-refractivity contribution in [1.82, 2.24) is 15.1 Å². The number of hydrogen-bond donors (Lipinski definition) is 1. The van der Waals surface area contributed by atoms with Crippen LogP contribution in [0.4, 0.5) is 4.79 Å². The van der Waals surface area contributed by atoms with E-state index < -0.39 is 11.9 Å². The Labute approximate surface area is 194 Å². The smallest absolute Gasteiger partial charge is 0.324 e. The lowest BCUT2D eigenvalue weighted by Crippen LogP contribution is -2.61. The molecule has 0 aliphatic carbocycles. The number of imide groups is 1. The van der Waals surface area contributed by atoms with Crippen LogP contribution >= 0.6 is 0 Å². The Kier molecular flexibility index (Phi) is 7.92. The molecule has 0 saturated carbocycles. The van der Waals surface area contributed by atoms with Crippen LogP contribution in [0.5, 0.6) is 11.5 Å². The highest BCUT2D eigenvalue weighted by molar-refractivity contribution is 6.04. The van der Waals surface area contributed by atoms with Crippen molar-refractivity contribution in [2.45, 2.75) is 26.3 Å². The highest BCUT2D eigenvalue weighted by Crippen LogP contribution is 2.28. The number of ether oxygens (including phenoxy) is 2. The second-order valence-corrected chi connectivity index (χ2v) is 8.34. The van der Waals surface area contributed by atoms with Crippen molar-refractivity contribution >= 4 is 17.8 Å². The number of carbonyl (C=O) groups excluding carboxylic acids is 3. The lowest BCUT2D eigenvalue weighted by molar-refractivity contribution is -0.133.